The van der Waals surface area contributed by atoms with Gasteiger partial charge in [0.2, 0.25) is 17.7 Å². The number of likely N-dealkylation sites (tertiary alicyclic amines) is 2. The first kappa shape index (κ1) is 48.9. The average molecular weight is 997 g/mol. The largest absolute Gasteiger partial charge is 0.480 e. The van der Waals surface area contributed by atoms with Gasteiger partial charge in [-0.2, -0.15) is 5.10 Å². The molecule has 2 unspecified atom stereocenters. The third-order valence-electron chi connectivity index (χ3n) is 17.7. The number of nitrogens with one attached hydrogen (secondary N) is 2. The summed E-state index contributed by atoms with van der Waals surface area (Å²) in [6.07, 6.45) is 11.4. The molecule has 14 nitrogen and oxygen atoms in total. The zero-order valence-corrected chi connectivity index (χ0v) is 42.2. The number of aryl methyl sites for hydroxylation is 1. The van der Waals surface area contributed by atoms with Crippen molar-refractivity contribution in [1.82, 2.24) is 30.2 Å². The van der Waals surface area contributed by atoms with E-state index in [1.165, 1.54) is 30.9 Å². The van der Waals surface area contributed by atoms with E-state index < -0.39 is 41.6 Å². The second-order valence-corrected chi connectivity index (χ2v) is 21.8. The summed E-state index contributed by atoms with van der Waals surface area (Å²) in [4.78, 5) is 57.4. The predicted octanol–water partition coefficient (Wildman–Crippen LogP) is 7.94. The Morgan fingerprint density at radius 2 is 1.75 bits per heavy atom. The number of anilines is 1. The fourth-order valence-corrected chi connectivity index (χ4v) is 13.4. The SMILES string of the molecule is COC1C=CC(C(N)=O)=C(c2c(C)c(F)cc3c2[C@H](C)[C@@](CNC2=CC[C@@H](C(=O)N4CC5(CCC(N6CCC(c7ccc8c(N9CCC(=O)NC9=O)nn(C)c8c7)CC6)CC5)C4)CC2)(c2ccccc2)O3)C1F. The minimum atomic E-state index is -1.77. The Bertz CT molecular complexity index is 2960. The number of hydrogen-bond donors (Lipinski definition) is 3. The molecule has 5 amide bonds. The lowest BCUT2D eigenvalue weighted by Gasteiger charge is -2.55. The monoisotopic (exact) mass is 997 g/mol. The van der Waals surface area contributed by atoms with Crippen LogP contribution < -0.4 is 26.0 Å². The van der Waals surface area contributed by atoms with Gasteiger partial charge in [-0.05, 0) is 118 Å². The first-order valence-electron chi connectivity index (χ1n) is 26.2. The molecule has 5 atom stereocenters. The summed E-state index contributed by atoms with van der Waals surface area (Å²) in [5, 5.41) is 11.7. The maximum Gasteiger partial charge on any atom is 0.329 e. The van der Waals surface area contributed by atoms with Gasteiger partial charge < -0.3 is 30.3 Å². The van der Waals surface area contributed by atoms with Crippen LogP contribution in [0.5, 0.6) is 5.75 Å². The number of primary amides is 1. The van der Waals surface area contributed by atoms with Gasteiger partial charge in [-0.1, -0.05) is 61.5 Å². The van der Waals surface area contributed by atoms with Crippen LogP contribution in [0.2, 0.25) is 0 Å². The Hall–Kier alpha value is -6.39. The number of fused-ring (bicyclic) bond motifs is 2. The number of carbonyl (C=O) groups is 4. The summed E-state index contributed by atoms with van der Waals surface area (Å²) in [5.41, 5.74) is 10.2. The van der Waals surface area contributed by atoms with Gasteiger partial charge in [-0.15, -0.1) is 0 Å². The number of amides is 5. The third kappa shape index (κ3) is 8.61. The number of halogens is 2. The topological polar surface area (TPSA) is 164 Å². The van der Waals surface area contributed by atoms with Gasteiger partial charge >= 0.3 is 6.03 Å². The zero-order chi connectivity index (χ0) is 50.9. The molecule has 7 aliphatic rings. The molecule has 3 saturated heterocycles. The Kier molecular flexibility index (Phi) is 12.8. The van der Waals surface area contributed by atoms with Crippen molar-refractivity contribution in [3.63, 3.8) is 0 Å². The number of piperidine rings is 1. The van der Waals surface area contributed by atoms with Crippen molar-refractivity contribution < 1.29 is 37.4 Å². The van der Waals surface area contributed by atoms with E-state index in [4.69, 9.17) is 15.2 Å². The number of alkyl halides is 1. The molecule has 11 rings (SSSR count). The smallest absolute Gasteiger partial charge is 0.329 e. The van der Waals surface area contributed by atoms with E-state index in [0.717, 1.165) is 93.3 Å². The molecule has 0 bridgehead atoms. The number of nitrogens with two attached hydrogens (primary N) is 1. The van der Waals surface area contributed by atoms with Crippen LogP contribution in [0.4, 0.5) is 19.4 Å². The number of ether oxygens (including phenoxy) is 2. The number of benzene rings is 3. The van der Waals surface area contributed by atoms with E-state index in [9.17, 15) is 19.2 Å². The maximum atomic E-state index is 16.4. The van der Waals surface area contributed by atoms with E-state index >= 15 is 8.78 Å². The highest BCUT2D eigenvalue weighted by molar-refractivity contribution is 6.09. The van der Waals surface area contributed by atoms with Gasteiger partial charge in [0, 0.05) is 97.4 Å². The number of imide groups is 1. The number of urea groups is 1. The van der Waals surface area contributed by atoms with Crippen LogP contribution in [0.15, 0.2) is 84.1 Å². The number of rotatable bonds is 11. The van der Waals surface area contributed by atoms with Crippen LogP contribution in [0, 0.1) is 24.1 Å². The lowest BCUT2D eigenvalue weighted by atomic mass is 9.66. The predicted molar refractivity (Wildman–Crippen MR) is 274 cm³/mol. The quantitative estimate of drug-likeness (QED) is 0.135. The second kappa shape index (κ2) is 19.1. The summed E-state index contributed by atoms with van der Waals surface area (Å²) in [5.74, 6) is -0.569. The van der Waals surface area contributed by atoms with E-state index in [1.807, 2.05) is 49.0 Å². The second-order valence-electron chi connectivity index (χ2n) is 21.8. The molecular weight excluding hydrogens is 931 g/mol. The van der Waals surface area contributed by atoms with E-state index in [0.29, 0.717) is 49.3 Å². The Morgan fingerprint density at radius 3 is 2.44 bits per heavy atom. The van der Waals surface area contributed by atoms with E-state index in [1.54, 1.807) is 11.8 Å². The van der Waals surface area contributed by atoms with Crippen molar-refractivity contribution in [3.8, 4) is 5.75 Å². The van der Waals surface area contributed by atoms with Crippen LogP contribution in [-0.4, -0.2) is 108 Å². The van der Waals surface area contributed by atoms with Crippen molar-refractivity contribution in [2.45, 2.75) is 114 Å². The fraction of sp³-hybridized carbons (Fsp3) is 0.491. The highest BCUT2D eigenvalue weighted by Crippen LogP contribution is 2.55. The van der Waals surface area contributed by atoms with Gasteiger partial charge in [-0.25, -0.2) is 13.6 Å². The van der Waals surface area contributed by atoms with Crippen LogP contribution in [0.1, 0.15) is 111 Å². The highest BCUT2D eigenvalue weighted by Gasteiger charge is 2.52. The average Bonchev–Trinajstić information content (AvgIpc) is 3.87. The van der Waals surface area contributed by atoms with Gasteiger partial charge in [0.05, 0.1) is 12.1 Å². The normalized spacial score (nSPS) is 26.7. The molecule has 0 radical (unpaired) electrons. The molecule has 4 fully saturated rings. The zero-order valence-electron chi connectivity index (χ0n) is 42.2. The molecular formula is C57H66F2N8O6. The Morgan fingerprint density at radius 1 is 1.00 bits per heavy atom. The molecule has 16 heteroatoms. The number of hydrogen-bond acceptors (Lipinski definition) is 9. The highest BCUT2D eigenvalue weighted by atomic mass is 19.1. The van der Waals surface area contributed by atoms with Gasteiger partial charge in [-0.3, -0.25) is 29.3 Å². The summed E-state index contributed by atoms with van der Waals surface area (Å²) < 4.78 is 46.5. The lowest BCUT2D eigenvalue weighted by molar-refractivity contribution is -0.151. The van der Waals surface area contributed by atoms with E-state index in [2.05, 4.69) is 49.8 Å². The lowest BCUT2D eigenvalue weighted by Crippen LogP contribution is -2.61. The summed E-state index contributed by atoms with van der Waals surface area (Å²) in [6.45, 7) is 8.04. The fourth-order valence-electron chi connectivity index (χ4n) is 13.4. The van der Waals surface area contributed by atoms with Crippen molar-refractivity contribution in [2.75, 3.05) is 51.3 Å². The van der Waals surface area contributed by atoms with Crippen LogP contribution in [0.25, 0.3) is 16.5 Å². The van der Waals surface area contributed by atoms with Crippen molar-refractivity contribution in [2.24, 2.45) is 24.1 Å². The van der Waals surface area contributed by atoms with Crippen LogP contribution in [-0.2, 0) is 31.8 Å². The molecule has 5 heterocycles. The Balaban J connectivity index is 0.688. The molecule has 4 aromatic rings. The van der Waals surface area contributed by atoms with Gasteiger partial charge in [0.1, 0.15) is 17.7 Å². The molecule has 1 saturated carbocycles. The number of nitrogens with zero attached hydrogens (tertiary/aromatic N) is 5. The molecule has 3 aliphatic carbocycles. The molecule has 1 spiro atoms. The van der Waals surface area contributed by atoms with Crippen LogP contribution in [0.3, 0.4) is 0 Å². The van der Waals surface area contributed by atoms with Crippen LogP contribution >= 0.6 is 0 Å². The number of methoxy groups -OCH3 is 1. The molecule has 384 valence electrons. The van der Waals surface area contributed by atoms with Gasteiger partial charge in [0.25, 0.3) is 0 Å². The van der Waals surface area contributed by atoms with Crippen molar-refractivity contribution in [3.05, 3.63) is 118 Å². The summed E-state index contributed by atoms with van der Waals surface area (Å²) >= 11 is 0. The summed E-state index contributed by atoms with van der Waals surface area (Å²) in [6, 6.07) is 17.8. The first-order valence-corrected chi connectivity index (χ1v) is 26.2. The minimum Gasteiger partial charge on any atom is -0.480 e. The molecule has 1 aromatic heterocycles. The number of allylic oxidation sites excluding steroid dienone is 2. The maximum absolute atomic E-state index is 16.4. The molecule has 4 N–H and O–H groups in total. The van der Waals surface area contributed by atoms with Crippen molar-refractivity contribution in [1.29, 1.82) is 0 Å². The van der Waals surface area contributed by atoms with Gasteiger partial charge in [0.15, 0.2) is 17.6 Å². The summed E-state index contributed by atoms with van der Waals surface area (Å²) in [7, 11) is 3.30. The first-order chi connectivity index (χ1) is 35.2. The Labute approximate surface area is 425 Å². The third-order valence-corrected chi connectivity index (χ3v) is 17.7. The minimum absolute atomic E-state index is 0.00352. The number of carbonyl (C=O) groups excluding carboxylic acids is 4. The molecule has 3 aromatic carbocycles. The molecule has 73 heavy (non-hydrogen) atoms. The number of aromatic nitrogens is 2. The van der Waals surface area contributed by atoms with Crippen molar-refractivity contribution >= 4 is 46.0 Å². The standard InChI is InChI=1S/C57H66F2N8O6/c1-33-43(58)29-46-49(48(33)50-42(52(60)69)16-17-45(72-4)51(50)59)34(2)57(73-46,38-8-6-5-7-9-38)30-61-39-13-10-36(11-14-39)54(70)66-31-56(32-66)23-18-40(19-24-56)65-25-20-35(21-26-65)37-12-15-41-44(28-37)64(3)63-53(41)67-27-22-47(68)62-55(67)71/h5-9,12-13,15-17,28-29,34-36,40,45,51,61H,10-11,14,18-27,30-32H2,1-4H3,(H2,60,69)(H,62,68,71)/t34-,36+,45?,51?,57-/m0/s1. The molecule has 4 aliphatic heterocycles. The van der Waals surface area contributed by atoms with E-state index in [-0.39, 0.29) is 57.6 Å².